The van der Waals surface area contributed by atoms with Crippen molar-refractivity contribution in [3.05, 3.63) is 99.3 Å². The highest BCUT2D eigenvalue weighted by Gasteiger charge is 2.47. The van der Waals surface area contributed by atoms with E-state index in [2.05, 4.69) is 0 Å². The van der Waals surface area contributed by atoms with Gasteiger partial charge in [0.1, 0.15) is 17.3 Å². The number of aryl methyl sites for hydroxylation is 2. The van der Waals surface area contributed by atoms with Crippen molar-refractivity contribution in [3.8, 4) is 5.75 Å². The molecule has 178 valence electrons. The van der Waals surface area contributed by atoms with Crippen molar-refractivity contribution >= 4 is 34.7 Å². The Balaban J connectivity index is 1.69. The van der Waals surface area contributed by atoms with Crippen LogP contribution in [0.1, 0.15) is 41.6 Å². The average Bonchev–Trinajstić information content (AvgIpc) is 3.15. The predicted octanol–water partition coefficient (Wildman–Crippen LogP) is 5.99. The van der Waals surface area contributed by atoms with Crippen LogP contribution in [0.5, 0.6) is 5.75 Å². The monoisotopic (exact) mass is 491 g/mol. The second-order valence-corrected chi connectivity index (χ2v) is 9.04. The minimum atomic E-state index is -0.908. The molecule has 1 saturated heterocycles. The zero-order valence-corrected chi connectivity index (χ0v) is 19.8. The van der Waals surface area contributed by atoms with Gasteiger partial charge < -0.3 is 9.84 Å². The molecule has 1 amide bonds. The first-order valence-corrected chi connectivity index (χ1v) is 11.9. The molecule has 0 bridgehead atoms. The Morgan fingerprint density at radius 3 is 2.60 bits per heavy atom. The number of carbonyl (C=O) groups excluding carboxylic acids is 2. The number of anilines is 1. The van der Waals surface area contributed by atoms with Crippen LogP contribution in [0.25, 0.3) is 5.76 Å². The van der Waals surface area contributed by atoms with Gasteiger partial charge in [-0.2, -0.15) is 0 Å². The van der Waals surface area contributed by atoms with Gasteiger partial charge in [0.05, 0.1) is 23.2 Å². The number of hydrogen-bond acceptors (Lipinski definition) is 4. The van der Waals surface area contributed by atoms with E-state index in [-0.39, 0.29) is 22.0 Å². The number of carbonyl (C=O) groups is 2. The molecule has 5 rings (SSSR count). The highest BCUT2D eigenvalue weighted by Crippen LogP contribution is 2.43. The molecular formula is C28H23ClFNO4. The van der Waals surface area contributed by atoms with Gasteiger partial charge >= 0.3 is 0 Å². The maximum Gasteiger partial charge on any atom is 0.300 e. The maximum absolute atomic E-state index is 13.9. The van der Waals surface area contributed by atoms with Crippen molar-refractivity contribution in [2.75, 3.05) is 11.5 Å². The van der Waals surface area contributed by atoms with Crippen molar-refractivity contribution in [1.29, 1.82) is 0 Å². The van der Waals surface area contributed by atoms with Crippen LogP contribution in [0.2, 0.25) is 5.02 Å². The number of fused-ring (bicyclic) bond motifs is 1. The molecule has 1 fully saturated rings. The lowest BCUT2D eigenvalue weighted by molar-refractivity contribution is -0.132. The molecule has 35 heavy (non-hydrogen) atoms. The molecule has 0 spiro atoms. The number of nitrogens with zero attached hydrogens (tertiary/aromatic N) is 1. The second-order valence-electron chi connectivity index (χ2n) is 8.64. The predicted molar refractivity (Wildman–Crippen MR) is 132 cm³/mol. The number of Topliss-reactive ketones (excluding diaryl/α,β-unsaturated/α-hetero) is 1. The molecule has 1 unspecified atom stereocenters. The summed E-state index contributed by atoms with van der Waals surface area (Å²) in [6.45, 7) is 2.67. The molecule has 1 atom stereocenters. The first-order valence-electron chi connectivity index (χ1n) is 11.5. The van der Waals surface area contributed by atoms with Crippen molar-refractivity contribution in [3.63, 3.8) is 0 Å². The van der Waals surface area contributed by atoms with Gasteiger partial charge in [0, 0.05) is 11.3 Å². The fourth-order valence-electron chi connectivity index (χ4n) is 4.65. The van der Waals surface area contributed by atoms with E-state index in [9.17, 15) is 19.1 Å². The summed E-state index contributed by atoms with van der Waals surface area (Å²) in [6.07, 6.45) is 2.47. The molecule has 3 aromatic rings. The summed E-state index contributed by atoms with van der Waals surface area (Å²) >= 11 is 6.00. The minimum Gasteiger partial charge on any atom is -0.507 e. The lowest BCUT2D eigenvalue weighted by Gasteiger charge is -2.26. The Hall–Kier alpha value is -3.64. The first-order chi connectivity index (χ1) is 16.9. The number of aliphatic hydroxyl groups excluding tert-OH is 1. The van der Waals surface area contributed by atoms with Crippen LogP contribution >= 0.6 is 11.6 Å². The molecule has 1 N–H and O–H groups in total. The number of ketones is 1. The summed E-state index contributed by atoms with van der Waals surface area (Å²) in [5, 5.41) is 11.2. The van der Waals surface area contributed by atoms with Crippen LogP contribution in [0.4, 0.5) is 10.1 Å². The smallest absolute Gasteiger partial charge is 0.300 e. The summed E-state index contributed by atoms with van der Waals surface area (Å²) in [7, 11) is 0. The molecule has 0 aliphatic carbocycles. The van der Waals surface area contributed by atoms with Gasteiger partial charge in [-0.3, -0.25) is 14.5 Å². The normalized spacial score (nSPS) is 18.9. The van der Waals surface area contributed by atoms with Crippen LogP contribution in [-0.4, -0.2) is 23.4 Å². The van der Waals surface area contributed by atoms with E-state index in [0.717, 1.165) is 42.2 Å². The molecule has 5 nitrogen and oxygen atoms in total. The number of rotatable bonds is 4. The van der Waals surface area contributed by atoms with Gasteiger partial charge in [0.25, 0.3) is 11.7 Å². The van der Waals surface area contributed by atoms with E-state index in [4.69, 9.17) is 16.3 Å². The Morgan fingerprint density at radius 2 is 1.89 bits per heavy atom. The Labute approximate surface area is 207 Å². The number of halogens is 2. The summed E-state index contributed by atoms with van der Waals surface area (Å²) in [5.41, 5.74) is 3.33. The molecule has 3 aromatic carbocycles. The Kier molecular flexibility index (Phi) is 6.07. The van der Waals surface area contributed by atoms with E-state index in [1.165, 1.54) is 17.0 Å². The van der Waals surface area contributed by atoms with E-state index in [1.54, 1.807) is 18.2 Å². The zero-order valence-electron chi connectivity index (χ0n) is 19.1. The average molecular weight is 492 g/mol. The summed E-state index contributed by atoms with van der Waals surface area (Å²) in [4.78, 5) is 27.8. The Bertz CT molecular complexity index is 1370. The van der Waals surface area contributed by atoms with Gasteiger partial charge in [-0.1, -0.05) is 42.8 Å². The Morgan fingerprint density at radius 1 is 1.11 bits per heavy atom. The van der Waals surface area contributed by atoms with E-state index in [0.29, 0.717) is 17.7 Å². The van der Waals surface area contributed by atoms with Crippen molar-refractivity contribution in [2.24, 2.45) is 0 Å². The number of benzene rings is 3. The van der Waals surface area contributed by atoms with Gasteiger partial charge in [-0.15, -0.1) is 0 Å². The third-order valence-electron chi connectivity index (χ3n) is 6.51. The molecule has 2 aliphatic rings. The summed E-state index contributed by atoms with van der Waals surface area (Å²) < 4.78 is 19.5. The first kappa shape index (κ1) is 23.1. The molecule has 0 radical (unpaired) electrons. The van der Waals surface area contributed by atoms with Crippen LogP contribution in [0.15, 0.2) is 66.2 Å². The van der Waals surface area contributed by atoms with Crippen LogP contribution in [-0.2, 0) is 22.4 Å². The highest BCUT2D eigenvalue weighted by molar-refractivity contribution is 6.51. The SMILES string of the molecule is CCc1ccc(C2/C(=C(/O)c3ccc4c(c3)CCCO4)C(=O)C(=O)N2c2ccc(F)c(Cl)c2)cc1. The molecule has 0 aromatic heterocycles. The third-order valence-corrected chi connectivity index (χ3v) is 6.80. The molecule has 7 heteroatoms. The number of ether oxygens (including phenoxy) is 1. The molecule has 2 heterocycles. The second kappa shape index (κ2) is 9.19. The lowest BCUT2D eigenvalue weighted by Crippen LogP contribution is -2.29. The fourth-order valence-corrected chi connectivity index (χ4v) is 4.82. The van der Waals surface area contributed by atoms with Crippen LogP contribution in [0, 0.1) is 5.82 Å². The van der Waals surface area contributed by atoms with Crippen molar-refractivity contribution in [2.45, 2.75) is 32.2 Å². The topological polar surface area (TPSA) is 66.8 Å². The van der Waals surface area contributed by atoms with Gasteiger partial charge in [0.2, 0.25) is 0 Å². The van der Waals surface area contributed by atoms with E-state index < -0.39 is 23.5 Å². The quantitative estimate of drug-likeness (QED) is 0.276. The molecular weight excluding hydrogens is 469 g/mol. The number of aliphatic hydroxyl groups is 1. The third kappa shape index (κ3) is 4.08. The van der Waals surface area contributed by atoms with E-state index in [1.807, 2.05) is 31.2 Å². The molecule has 0 saturated carbocycles. The number of hydrogen-bond donors (Lipinski definition) is 1. The summed E-state index contributed by atoms with van der Waals surface area (Å²) in [6, 6.07) is 15.7. The summed E-state index contributed by atoms with van der Waals surface area (Å²) in [5.74, 6) is -1.79. The highest BCUT2D eigenvalue weighted by atomic mass is 35.5. The zero-order chi connectivity index (χ0) is 24.7. The van der Waals surface area contributed by atoms with E-state index >= 15 is 0 Å². The maximum atomic E-state index is 13.9. The van der Waals surface area contributed by atoms with Crippen LogP contribution in [0.3, 0.4) is 0 Å². The van der Waals surface area contributed by atoms with Gasteiger partial charge in [0.15, 0.2) is 0 Å². The molecule has 2 aliphatic heterocycles. The van der Waals surface area contributed by atoms with Crippen LogP contribution < -0.4 is 9.64 Å². The van der Waals surface area contributed by atoms with Crippen molar-refractivity contribution < 1.29 is 23.8 Å². The number of amides is 1. The lowest BCUT2D eigenvalue weighted by atomic mass is 9.93. The standard InChI is InChI=1S/C28H23ClFNO4/c1-2-16-5-7-17(8-6-16)25-24(26(32)19-9-12-23-18(14-19)4-3-13-35-23)27(33)28(34)31(25)20-10-11-22(30)21(29)15-20/h5-12,14-15,25,32H,2-4,13H2,1H3/b26-24-. The van der Waals surface area contributed by atoms with Gasteiger partial charge in [-0.05, 0) is 72.4 Å². The largest absolute Gasteiger partial charge is 0.507 e. The fraction of sp³-hybridized carbons (Fsp3) is 0.214. The van der Waals surface area contributed by atoms with Crippen molar-refractivity contribution in [1.82, 2.24) is 0 Å². The van der Waals surface area contributed by atoms with Gasteiger partial charge in [-0.25, -0.2) is 4.39 Å². The minimum absolute atomic E-state index is 0.0311.